The highest BCUT2D eigenvalue weighted by Crippen LogP contribution is 2.15. The molecule has 3 N–H and O–H groups in total. The van der Waals surface area contributed by atoms with Crippen LogP contribution in [-0.4, -0.2) is 31.5 Å². The molecule has 6 nitrogen and oxygen atoms in total. The van der Waals surface area contributed by atoms with E-state index in [4.69, 9.17) is 16.0 Å². The van der Waals surface area contributed by atoms with Gasteiger partial charge in [0.25, 0.3) is 5.91 Å². The highest BCUT2D eigenvalue weighted by molar-refractivity contribution is 14.0. The lowest BCUT2D eigenvalue weighted by atomic mass is 10.1. The summed E-state index contributed by atoms with van der Waals surface area (Å²) in [6.45, 7) is 7.85. The Balaban J connectivity index is 0.00000392. The maximum absolute atomic E-state index is 12.0. The molecule has 2 rings (SSSR count). The summed E-state index contributed by atoms with van der Waals surface area (Å²) in [6.07, 6.45) is 2.25. The van der Waals surface area contributed by atoms with Crippen LogP contribution >= 0.6 is 35.6 Å². The molecule has 0 radical (unpaired) electrons. The van der Waals surface area contributed by atoms with E-state index in [1.54, 1.807) is 6.07 Å². The van der Waals surface area contributed by atoms with E-state index < -0.39 is 0 Å². The van der Waals surface area contributed by atoms with E-state index >= 15 is 0 Å². The minimum atomic E-state index is -0.192. The molecule has 0 aliphatic heterocycles. The van der Waals surface area contributed by atoms with Crippen molar-refractivity contribution in [2.75, 3.05) is 19.6 Å². The van der Waals surface area contributed by atoms with Crippen LogP contribution in [-0.2, 0) is 0 Å². The average Bonchev–Trinajstić information content (AvgIpc) is 3.08. The molecule has 1 aromatic heterocycles. The van der Waals surface area contributed by atoms with Gasteiger partial charge in [0.2, 0.25) is 0 Å². The third-order valence-corrected chi connectivity index (χ3v) is 4.28. The van der Waals surface area contributed by atoms with Gasteiger partial charge in [-0.1, -0.05) is 23.7 Å². The quantitative estimate of drug-likeness (QED) is 0.211. The van der Waals surface area contributed by atoms with Crippen molar-refractivity contribution in [3.05, 3.63) is 58.5 Å². The standard InChI is InChI=1S/C20H27ClN4O2.HI/c1-4-22-20(25-15(3)16-6-8-17(21)9-7-16)24-12-5-11-23-19(26)18-14(2)10-13-27-18;/h6-10,13,15H,4-5,11-12H2,1-3H3,(H,23,26)(H2,22,24,25);1H. The first-order valence-electron chi connectivity index (χ1n) is 9.14. The Hall–Kier alpha value is -1.74. The van der Waals surface area contributed by atoms with Crippen LogP contribution in [0.25, 0.3) is 0 Å². The zero-order valence-electron chi connectivity index (χ0n) is 16.4. The van der Waals surface area contributed by atoms with Gasteiger partial charge < -0.3 is 20.4 Å². The molecule has 0 saturated carbocycles. The number of aryl methyl sites for hydroxylation is 1. The summed E-state index contributed by atoms with van der Waals surface area (Å²) in [5, 5.41) is 10.2. The molecule has 1 heterocycles. The van der Waals surface area contributed by atoms with Gasteiger partial charge in [0.15, 0.2) is 11.7 Å². The summed E-state index contributed by atoms with van der Waals surface area (Å²) in [7, 11) is 0. The van der Waals surface area contributed by atoms with Gasteiger partial charge >= 0.3 is 0 Å². The third kappa shape index (κ3) is 7.71. The molecule has 0 spiro atoms. The van der Waals surface area contributed by atoms with Crippen molar-refractivity contribution in [1.29, 1.82) is 0 Å². The fraction of sp³-hybridized carbons (Fsp3) is 0.400. The molecular formula is C20H28ClIN4O2. The summed E-state index contributed by atoms with van der Waals surface area (Å²) in [5.74, 6) is 0.918. The Morgan fingerprint density at radius 3 is 2.54 bits per heavy atom. The van der Waals surface area contributed by atoms with E-state index in [-0.39, 0.29) is 35.9 Å². The number of benzene rings is 1. The number of nitrogens with one attached hydrogen (secondary N) is 3. The normalized spacial score (nSPS) is 12.1. The summed E-state index contributed by atoms with van der Waals surface area (Å²) in [5.41, 5.74) is 1.96. The number of nitrogens with zero attached hydrogens (tertiary/aromatic N) is 1. The maximum atomic E-state index is 12.0. The van der Waals surface area contributed by atoms with Gasteiger partial charge in [0, 0.05) is 30.2 Å². The molecule has 0 aliphatic carbocycles. The van der Waals surface area contributed by atoms with Gasteiger partial charge in [-0.2, -0.15) is 0 Å². The minimum absolute atomic E-state index is 0. The predicted octanol–water partition coefficient (Wildman–Crippen LogP) is 4.30. The van der Waals surface area contributed by atoms with Crippen molar-refractivity contribution in [2.45, 2.75) is 33.2 Å². The van der Waals surface area contributed by atoms with Gasteiger partial charge in [-0.3, -0.25) is 9.79 Å². The first-order chi connectivity index (χ1) is 13.0. The van der Waals surface area contributed by atoms with Crippen LogP contribution in [0.3, 0.4) is 0 Å². The fourth-order valence-electron chi connectivity index (χ4n) is 2.52. The second-order valence-corrected chi connectivity index (χ2v) is 6.66. The van der Waals surface area contributed by atoms with Crippen molar-refractivity contribution in [1.82, 2.24) is 16.0 Å². The van der Waals surface area contributed by atoms with Crippen LogP contribution in [0, 0.1) is 6.92 Å². The van der Waals surface area contributed by atoms with Gasteiger partial charge in [-0.05, 0) is 51.0 Å². The van der Waals surface area contributed by atoms with Crippen LogP contribution in [0.2, 0.25) is 5.02 Å². The summed E-state index contributed by atoms with van der Waals surface area (Å²) >= 11 is 5.94. The Morgan fingerprint density at radius 2 is 1.93 bits per heavy atom. The van der Waals surface area contributed by atoms with Crippen molar-refractivity contribution in [3.63, 3.8) is 0 Å². The number of carbonyl (C=O) groups is 1. The van der Waals surface area contributed by atoms with Crippen LogP contribution in [0.15, 0.2) is 46.0 Å². The topological polar surface area (TPSA) is 78.7 Å². The maximum Gasteiger partial charge on any atom is 0.287 e. The second kappa shape index (κ2) is 12.7. The molecule has 8 heteroatoms. The number of halogens is 2. The van der Waals surface area contributed by atoms with E-state index in [1.165, 1.54) is 6.26 Å². The number of amides is 1. The molecule has 0 saturated heterocycles. The number of furan rings is 1. The molecule has 1 amide bonds. The molecule has 28 heavy (non-hydrogen) atoms. The van der Waals surface area contributed by atoms with Gasteiger partial charge in [-0.15, -0.1) is 24.0 Å². The lowest BCUT2D eigenvalue weighted by Gasteiger charge is -2.18. The molecular weight excluding hydrogens is 491 g/mol. The number of hydrogen-bond acceptors (Lipinski definition) is 3. The van der Waals surface area contributed by atoms with Crippen molar-refractivity contribution < 1.29 is 9.21 Å². The molecule has 2 aromatic rings. The van der Waals surface area contributed by atoms with Gasteiger partial charge in [-0.25, -0.2) is 0 Å². The molecule has 1 atom stereocenters. The zero-order chi connectivity index (χ0) is 19.6. The fourth-order valence-corrected chi connectivity index (χ4v) is 2.64. The minimum Gasteiger partial charge on any atom is -0.459 e. The lowest BCUT2D eigenvalue weighted by Crippen LogP contribution is -2.39. The summed E-state index contributed by atoms with van der Waals surface area (Å²) in [4.78, 5) is 16.5. The third-order valence-electron chi connectivity index (χ3n) is 4.03. The van der Waals surface area contributed by atoms with Crippen LogP contribution in [0.5, 0.6) is 0 Å². The Kier molecular flexibility index (Phi) is 11.0. The first kappa shape index (κ1) is 24.3. The Labute approximate surface area is 188 Å². The molecule has 1 unspecified atom stereocenters. The molecule has 1 aromatic carbocycles. The predicted molar refractivity (Wildman–Crippen MR) is 125 cm³/mol. The van der Waals surface area contributed by atoms with Crippen LogP contribution < -0.4 is 16.0 Å². The summed E-state index contributed by atoms with van der Waals surface area (Å²) < 4.78 is 5.18. The molecule has 0 fully saturated rings. The van der Waals surface area contributed by atoms with E-state index in [0.717, 1.165) is 35.1 Å². The summed E-state index contributed by atoms with van der Waals surface area (Å²) in [6, 6.07) is 9.62. The monoisotopic (exact) mass is 518 g/mol. The molecule has 0 bridgehead atoms. The largest absolute Gasteiger partial charge is 0.459 e. The van der Waals surface area contributed by atoms with Gasteiger partial charge in [0.05, 0.1) is 12.3 Å². The van der Waals surface area contributed by atoms with Gasteiger partial charge in [0.1, 0.15) is 0 Å². The van der Waals surface area contributed by atoms with Crippen LogP contribution in [0.1, 0.15) is 48.0 Å². The Bertz CT molecular complexity index is 762. The van der Waals surface area contributed by atoms with E-state index in [1.807, 2.05) is 38.1 Å². The van der Waals surface area contributed by atoms with E-state index in [0.29, 0.717) is 18.8 Å². The number of aliphatic imine (C=N–C) groups is 1. The molecule has 0 aliphatic rings. The molecule has 154 valence electrons. The smallest absolute Gasteiger partial charge is 0.287 e. The van der Waals surface area contributed by atoms with Crippen molar-refractivity contribution >= 4 is 47.4 Å². The lowest BCUT2D eigenvalue weighted by molar-refractivity contribution is 0.0925. The number of carbonyl (C=O) groups excluding carboxylic acids is 1. The first-order valence-corrected chi connectivity index (χ1v) is 9.51. The average molecular weight is 519 g/mol. The van der Waals surface area contributed by atoms with Crippen LogP contribution in [0.4, 0.5) is 0 Å². The zero-order valence-corrected chi connectivity index (χ0v) is 19.5. The van der Waals surface area contributed by atoms with Crippen molar-refractivity contribution in [3.8, 4) is 0 Å². The highest BCUT2D eigenvalue weighted by atomic mass is 127. The van der Waals surface area contributed by atoms with Crippen molar-refractivity contribution in [2.24, 2.45) is 4.99 Å². The number of guanidine groups is 1. The Morgan fingerprint density at radius 1 is 1.21 bits per heavy atom. The number of hydrogen-bond donors (Lipinski definition) is 3. The van der Waals surface area contributed by atoms with E-state index in [9.17, 15) is 4.79 Å². The number of rotatable bonds is 8. The van der Waals surface area contributed by atoms with E-state index in [2.05, 4.69) is 27.9 Å². The highest BCUT2D eigenvalue weighted by Gasteiger charge is 2.11. The SMILES string of the molecule is CCNC(=NCCCNC(=O)c1occc1C)NC(C)c1ccc(Cl)cc1.I. The second-order valence-electron chi connectivity index (χ2n) is 6.22.